The molecule has 0 fully saturated rings. The average Bonchev–Trinajstić information content (AvgIpc) is 2.85. The van der Waals surface area contributed by atoms with E-state index >= 15 is 0 Å². The molecule has 0 saturated carbocycles. The summed E-state index contributed by atoms with van der Waals surface area (Å²) in [6.07, 6.45) is 2.57. The van der Waals surface area contributed by atoms with Gasteiger partial charge >= 0.3 is 0 Å². The van der Waals surface area contributed by atoms with Gasteiger partial charge in [-0.05, 0) is 25.1 Å². The molecule has 2 N–H and O–H groups in total. The normalized spacial score (nSPS) is 10.3. The Hall–Kier alpha value is -2.44. The van der Waals surface area contributed by atoms with Crippen molar-refractivity contribution in [1.29, 1.82) is 0 Å². The van der Waals surface area contributed by atoms with Gasteiger partial charge in [0.1, 0.15) is 5.82 Å². The highest BCUT2D eigenvalue weighted by Crippen LogP contribution is 2.01. The predicted octanol–water partition coefficient (Wildman–Crippen LogP) is 0.614. The number of nitrogens with one attached hydrogen (secondary N) is 2. The molecule has 0 aliphatic carbocycles. The number of hydrogen-bond donors (Lipinski definition) is 2. The number of aromatic nitrogens is 4. The summed E-state index contributed by atoms with van der Waals surface area (Å²) in [5.41, 5.74) is 1.26. The minimum absolute atomic E-state index is 0.225. The standard InChI is InChI=1S/C13H18N6O/c1-3-14-12-5-4-11(16-17-12)13(20)15-8-6-10-7-9-19(2)18-10/h4-5,7,9H,3,6,8H2,1-2H3,(H,14,17)(H,15,20). The minimum Gasteiger partial charge on any atom is -0.369 e. The topological polar surface area (TPSA) is 84.7 Å². The molecule has 1 amide bonds. The van der Waals surface area contributed by atoms with Crippen LogP contribution in [0, 0.1) is 0 Å². The van der Waals surface area contributed by atoms with E-state index in [1.165, 1.54) is 0 Å². The molecule has 0 spiro atoms. The maximum absolute atomic E-state index is 11.8. The van der Waals surface area contributed by atoms with E-state index in [0.29, 0.717) is 24.5 Å². The maximum atomic E-state index is 11.8. The fourth-order valence-electron chi connectivity index (χ4n) is 1.72. The van der Waals surface area contributed by atoms with Crippen LogP contribution >= 0.6 is 0 Å². The van der Waals surface area contributed by atoms with Gasteiger partial charge in [-0.3, -0.25) is 9.48 Å². The van der Waals surface area contributed by atoms with Gasteiger partial charge in [0.25, 0.3) is 5.91 Å². The molecule has 0 aliphatic heterocycles. The van der Waals surface area contributed by atoms with Crippen LogP contribution in [0.3, 0.4) is 0 Å². The Morgan fingerprint density at radius 2 is 2.15 bits per heavy atom. The number of carbonyl (C=O) groups excluding carboxylic acids is 1. The number of carbonyl (C=O) groups is 1. The van der Waals surface area contributed by atoms with E-state index in [4.69, 9.17) is 0 Å². The zero-order chi connectivity index (χ0) is 14.4. The average molecular weight is 274 g/mol. The van der Waals surface area contributed by atoms with Crippen LogP contribution in [-0.4, -0.2) is 39.0 Å². The van der Waals surface area contributed by atoms with Crippen LogP contribution in [0.25, 0.3) is 0 Å². The van der Waals surface area contributed by atoms with E-state index in [1.807, 2.05) is 26.2 Å². The van der Waals surface area contributed by atoms with Crippen LogP contribution in [0.4, 0.5) is 5.82 Å². The lowest BCUT2D eigenvalue weighted by Crippen LogP contribution is -2.27. The van der Waals surface area contributed by atoms with Gasteiger partial charge in [0.05, 0.1) is 5.69 Å². The Kier molecular flexibility index (Phi) is 4.65. The van der Waals surface area contributed by atoms with Crippen LogP contribution in [0.2, 0.25) is 0 Å². The first-order chi connectivity index (χ1) is 9.69. The molecule has 2 rings (SSSR count). The van der Waals surface area contributed by atoms with Gasteiger partial charge in [0.2, 0.25) is 0 Å². The highest BCUT2D eigenvalue weighted by Gasteiger charge is 2.07. The van der Waals surface area contributed by atoms with Gasteiger partial charge in [-0.2, -0.15) is 5.10 Å². The Balaban J connectivity index is 1.82. The lowest BCUT2D eigenvalue weighted by atomic mass is 10.3. The smallest absolute Gasteiger partial charge is 0.271 e. The molecule has 0 bridgehead atoms. The van der Waals surface area contributed by atoms with Crippen molar-refractivity contribution in [2.24, 2.45) is 7.05 Å². The minimum atomic E-state index is -0.225. The maximum Gasteiger partial charge on any atom is 0.271 e. The lowest BCUT2D eigenvalue weighted by molar-refractivity contribution is 0.0948. The van der Waals surface area contributed by atoms with Crippen molar-refractivity contribution in [2.75, 3.05) is 18.4 Å². The molecule has 0 unspecified atom stereocenters. The quantitative estimate of drug-likeness (QED) is 0.806. The van der Waals surface area contributed by atoms with Crippen LogP contribution in [-0.2, 0) is 13.5 Å². The second-order valence-electron chi connectivity index (χ2n) is 4.32. The van der Waals surface area contributed by atoms with Crippen molar-refractivity contribution in [3.63, 3.8) is 0 Å². The summed E-state index contributed by atoms with van der Waals surface area (Å²) in [7, 11) is 1.86. The fraction of sp³-hybridized carbons (Fsp3) is 0.385. The summed E-state index contributed by atoms with van der Waals surface area (Å²) in [5, 5.41) is 17.9. The van der Waals surface area contributed by atoms with Crippen LogP contribution in [0.1, 0.15) is 23.1 Å². The highest BCUT2D eigenvalue weighted by molar-refractivity contribution is 5.92. The van der Waals surface area contributed by atoms with Gasteiger partial charge in [-0.15, -0.1) is 10.2 Å². The molecule has 0 atom stereocenters. The second kappa shape index (κ2) is 6.65. The van der Waals surface area contributed by atoms with Crippen molar-refractivity contribution < 1.29 is 4.79 Å². The third kappa shape index (κ3) is 3.78. The van der Waals surface area contributed by atoms with Crippen LogP contribution in [0.15, 0.2) is 24.4 Å². The fourth-order valence-corrected chi connectivity index (χ4v) is 1.72. The summed E-state index contributed by atoms with van der Waals surface area (Å²) >= 11 is 0. The van der Waals surface area contributed by atoms with Crippen molar-refractivity contribution in [1.82, 2.24) is 25.3 Å². The molecular formula is C13H18N6O. The Morgan fingerprint density at radius 1 is 1.30 bits per heavy atom. The van der Waals surface area contributed by atoms with Crippen molar-refractivity contribution in [3.8, 4) is 0 Å². The van der Waals surface area contributed by atoms with Gasteiger partial charge in [-0.25, -0.2) is 0 Å². The lowest BCUT2D eigenvalue weighted by Gasteiger charge is -2.04. The summed E-state index contributed by atoms with van der Waals surface area (Å²) in [6, 6.07) is 5.32. The van der Waals surface area contributed by atoms with E-state index in [-0.39, 0.29) is 5.91 Å². The van der Waals surface area contributed by atoms with Crippen molar-refractivity contribution in [3.05, 3.63) is 35.8 Å². The van der Waals surface area contributed by atoms with E-state index in [1.54, 1.807) is 16.8 Å². The molecule has 20 heavy (non-hydrogen) atoms. The van der Waals surface area contributed by atoms with Crippen molar-refractivity contribution >= 4 is 11.7 Å². The van der Waals surface area contributed by atoms with Gasteiger partial charge < -0.3 is 10.6 Å². The first-order valence-electron chi connectivity index (χ1n) is 6.53. The molecule has 2 heterocycles. The summed E-state index contributed by atoms with van der Waals surface area (Å²) < 4.78 is 1.74. The number of anilines is 1. The molecule has 0 aromatic carbocycles. The van der Waals surface area contributed by atoms with E-state index in [0.717, 1.165) is 12.2 Å². The number of amides is 1. The van der Waals surface area contributed by atoms with E-state index in [2.05, 4.69) is 25.9 Å². The summed E-state index contributed by atoms with van der Waals surface area (Å²) in [5.74, 6) is 0.439. The Labute approximate surface area is 117 Å². The van der Waals surface area contributed by atoms with E-state index in [9.17, 15) is 4.79 Å². The monoisotopic (exact) mass is 274 g/mol. The highest BCUT2D eigenvalue weighted by atomic mass is 16.1. The summed E-state index contributed by atoms with van der Waals surface area (Å²) in [6.45, 7) is 3.26. The van der Waals surface area contributed by atoms with Crippen LogP contribution < -0.4 is 10.6 Å². The SMILES string of the molecule is CCNc1ccc(C(=O)NCCc2ccn(C)n2)nn1. The zero-order valence-electron chi connectivity index (χ0n) is 11.6. The molecule has 2 aromatic heterocycles. The number of rotatable bonds is 6. The molecule has 0 aliphatic rings. The third-order valence-corrected chi connectivity index (χ3v) is 2.69. The predicted molar refractivity (Wildman–Crippen MR) is 75.4 cm³/mol. The zero-order valence-corrected chi connectivity index (χ0v) is 11.6. The van der Waals surface area contributed by atoms with Gasteiger partial charge in [-0.1, -0.05) is 0 Å². The Bertz CT molecular complexity index is 562. The molecule has 106 valence electrons. The molecule has 7 heteroatoms. The molecule has 0 radical (unpaired) electrons. The van der Waals surface area contributed by atoms with Gasteiger partial charge in [0.15, 0.2) is 5.69 Å². The Morgan fingerprint density at radius 3 is 2.75 bits per heavy atom. The summed E-state index contributed by atoms with van der Waals surface area (Å²) in [4.78, 5) is 11.8. The van der Waals surface area contributed by atoms with Crippen molar-refractivity contribution in [2.45, 2.75) is 13.3 Å². The number of aryl methyl sites for hydroxylation is 1. The first kappa shape index (κ1) is 14.0. The largest absolute Gasteiger partial charge is 0.369 e. The van der Waals surface area contributed by atoms with Crippen LogP contribution in [0.5, 0.6) is 0 Å². The molecule has 2 aromatic rings. The second-order valence-corrected chi connectivity index (χ2v) is 4.32. The number of nitrogens with zero attached hydrogens (tertiary/aromatic N) is 4. The van der Waals surface area contributed by atoms with Gasteiger partial charge in [0, 0.05) is 32.8 Å². The molecule has 0 saturated heterocycles. The van der Waals surface area contributed by atoms with E-state index < -0.39 is 0 Å². The molecule has 7 nitrogen and oxygen atoms in total. The number of hydrogen-bond acceptors (Lipinski definition) is 5. The first-order valence-corrected chi connectivity index (χ1v) is 6.53. The molecular weight excluding hydrogens is 256 g/mol. The third-order valence-electron chi connectivity index (χ3n) is 2.69.